The summed E-state index contributed by atoms with van der Waals surface area (Å²) in [6, 6.07) is -0.445. The number of alkyl halides is 2. The molecule has 1 N–H and O–H groups in total. The Morgan fingerprint density at radius 1 is 1.23 bits per heavy atom. The smallest absolute Gasteiger partial charge is 0.250 e. The van der Waals surface area contributed by atoms with Crippen LogP contribution in [0, 0.1) is 5.92 Å². The van der Waals surface area contributed by atoms with Gasteiger partial charge in [0.05, 0.1) is 6.04 Å². The lowest BCUT2D eigenvalue weighted by Crippen LogP contribution is -2.46. The molecule has 1 aromatic rings. The van der Waals surface area contributed by atoms with Gasteiger partial charge in [0.1, 0.15) is 11.7 Å². The number of amides is 1. The zero-order valence-electron chi connectivity index (χ0n) is 16.4. The number of hydrogen-bond donors (Lipinski definition) is 1. The molecular formula is C21H23F3N4O2. The minimum atomic E-state index is -2.70. The Balaban J connectivity index is 1.48. The lowest BCUT2D eigenvalue weighted by Gasteiger charge is -2.37. The number of piperidine rings is 1. The Kier molecular flexibility index (Phi) is 5.73. The number of nitrogens with one attached hydrogen (secondary N) is 1. The predicted octanol–water partition coefficient (Wildman–Crippen LogP) is 2.85. The van der Waals surface area contributed by atoms with Crippen molar-refractivity contribution in [3.05, 3.63) is 47.8 Å². The average Bonchev–Trinajstić information content (AvgIpc) is 3.55. The Labute approximate surface area is 172 Å². The van der Waals surface area contributed by atoms with Crippen LogP contribution in [0.5, 0.6) is 0 Å². The highest BCUT2D eigenvalue weighted by Gasteiger charge is 2.38. The molecule has 2 aliphatic carbocycles. The van der Waals surface area contributed by atoms with Crippen molar-refractivity contribution in [2.24, 2.45) is 5.92 Å². The summed E-state index contributed by atoms with van der Waals surface area (Å²) in [6.07, 6.45) is 8.40. The number of hydrogen-bond acceptors (Lipinski definition) is 5. The van der Waals surface area contributed by atoms with E-state index >= 15 is 0 Å². The van der Waals surface area contributed by atoms with Gasteiger partial charge in [-0.1, -0.05) is 6.08 Å². The average molecular weight is 420 g/mol. The van der Waals surface area contributed by atoms with Gasteiger partial charge in [0.2, 0.25) is 5.91 Å². The van der Waals surface area contributed by atoms with Crippen LogP contribution in [0.4, 0.5) is 13.2 Å². The second-order valence-electron chi connectivity index (χ2n) is 8.05. The molecule has 3 aliphatic rings. The first-order valence-electron chi connectivity index (χ1n) is 10.1. The van der Waals surface area contributed by atoms with E-state index < -0.39 is 35.4 Å². The normalized spacial score (nSPS) is 25.0. The zero-order valence-corrected chi connectivity index (χ0v) is 16.4. The molecule has 6 nitrogen and oxygen atoms in total. The summed E-state index contributed by atoms with van der Waals surface area (Å²) < 4.78 is 41.2. The lowest BCUT2D eigenvalue weighted by atomic mass is 9.96. The van der Waals surface area contributed by atoms with E-state index in [0.717, 1.165) is 30.8 Å². The molecular weight excluding hydrogens is 397 g/mol. The van der Waals surface area contributed by atoms with Crippen molar-refractivity contribution in [2.45, 2.75) is 43.6 Å². The van der Waals surface area contributed by atoms with Crippen molar-refractivity contribution in [1.82, 2.24) is 20.2 Å². The molecule has 2 unspecified atom stereocenters. The molecule has 2 fully saturated rings. The van der Waals surface area contributed by atoms with Crippen LogP contribution in [0.1, 0.15) is 49.0 Å². The van der Waals surface area contributed by atoms with Gasteiger partial charge in [-0.3, -0.25) is 14.5 Å². The third kappa shape index (κ3) is 4.61. The number of rotatable bonds is 6. The van der Waals surface area contributed by atoms with Crippen LogP contribution in [-0.2, 0) is 9.59 Å². The van der Waals surface area contributed by atoms with Crippen LogP contribution in [0.2, 0.25) is 0 Å². The van der Waals surface area contributed by atoms with E-state index in [-0.39, 0.29) is 32.5 Å². The minimum Gasteiger partial charge on any atom is -0.353 e. The Morgan fingerprint density at radius 2 is 1.90 bits per heavy atom. The summed E-state index contributed by atoms with van der Waals surface area (Å²) in [7, 11) is 0. The molecule has 2 atom stereocenters. The highest BCUT2D eigenvalue weighted by Crippen LogP contribution is 2.38. The number of halogens is 3. The van der Waals surface area contributed by atoms with Gasteiger partial charge in [-0.15, -0.1) is 0 Å². The Hall–Kier alpha value is -2.55. The minimum absolute atomic E-state index is 0.0390. The van der Waals surface area contributed by atoms with Gasteiger partial charge in [-0.2, -0.15) is 0 Å². The highest BCUT2D eigenvalue weighted by atomic mass is 19.3. The number of ketones is 1. The zero-order chi connectivity index (χ0) is 21.3. The Bertz CT molecular complexity index is 871. The molecule has 30 heavy (non-hydrogen) atoms. The van der Waals surface area contributed by atoms with Crippen LogP contribution in [0.3, 0.4) is 0 Å². The van der Waals surface area contributed by atoms with Gasteiger partial charge in [0.15, 0.2) is 11.7 Å². The van der Waals surface area contributed by atoms with E-state index in [1.54, 1.807) is 12.4 Å². The third-order valence-electron chi connectivity index (χ3n) is 5.80. The monoisotopic (exact) mass is 420 g/mol. The highest BCUT2D eigenvalue weighted by molar-refractivity contribution is 6.09. The molecule has 0 bridgehead atoms. The van der Waals surface area contributed by atoms with Gasteiger partial charge in [0.25, 0.3) is 5.92 Å². The summed E-state index contributed by atoms with van der Waals surface area (Å²) in [5.41, 5.74) is 0.691. The SMILES string of the molecule is O=C1C=CC=C(F)C1C(=O)NCC(c1cnc(C2CC2)nc1)N1CCC(F)(F)CC1. The van der Waals surface area contributed by atoms with Crippen LogP contribution in [-0.4, -0.2) is 52.1 Å². The number of carbonyl (C=O) groups excluding carboxylic acids is 2. The molecule has 4 rings (SSSR count). The van der Waals surface area contributed by atoms with E-state index in [0.29, 0.717) is 11.5 Å². The number of carbonyl (C=O) groups is 2. The first kappa shape index (κ1) is 20.7. The first-order valence-corrected chi connectivity index (χ1v) is 10.1. The van der Waals surface area contributed by atoms with Crippen molar-refractivity contribution in [2.75, 3.05) is 19.6 Å². The second kappa shape index (κ2) is 8.29. The van der Waals surface area contributed by atoms with Crippen LogP contribution in [0.25, 0.3) is 0 Å². The third-order valence-corrected chi connectivity index (χ3v) is 5.80. The molecule has 1 saturated heterocycles. The van der Waals surface area contributed by atoms with Gasteiger partial charge in [-0.25, -0.2) is 23.1 Å². The molecule has 160 valence electrons. The van der Waals surface area contributed by atoms with E-state index in [1.807, 2.05) is 4.90 Å². The van der Waals surface area contributed by atoms with Crippen molar-refractivity contribution in [1.29, 1.82) is 0 Å². The molecule has 0 radical (unpaired) electrons. The van der Waals surface area contributed by atoms with E-state index in [4.69, 9.17) is 0 Å². The molecule has 0 spiro atoms. The molecule has 2 heterocycles. The number of aromatic nitrogens is 2. The number of nitrogens with zero attached hydrogens (tertiary/aromatic N) is 3. The maximum Gasteiger partial charge on any atom is 0.250 e. The number of allylic oxidation sites excluding steroid dienone is 3. The summed E-state index contributed by atoms with van der Waals surface area (Å²) in [5.74, 6) is -5.25. The maximum absolute atomic E-state index is 14.0. The van der Waals surface area contributed by atoms with Crippen LogP contribution < -0.4 is 5.32 Å². The summed E-state index contributed by atoms with van der Waals surface area (Å²) in [6.45, 7) is 0.339. The van der Waals surface area contributed by atoms with E-state index in [1.165, 1.54) is 6.08 Å². The number of likely N-dealkylation sites (tertiary alicyclic amines) is 1. The van der Waals surface area contributed by atoms with E-state index in [9.17, 15) is 22.8 Å². The molecule has 1 amide bonds. The molecule has 9 heteroatoms. The molecule has 0 aromatic carbocycles. The molecule has 1 saturated carbocycles. The van der Waals surface area contributed by atoms with Gasteiger partial charge in [0, 0.05) is 56.4 Å². The lowest BCUT2D eigenvalue weighted by molar-refractivity contribution is -0.131. The fraction of sp³-hybridized carbons (Fsp3) is 0.524. The summed E-state index contributed by atoms with van der Waals surface area (Å²) in [5, 5.41) is 2.62. The molecule has 1 aliphatic heterocycles. The fourth-order valence-electron chi connectivity index (χ4n) is 3.81. The van der Waals surface area contributed by atoms with Gasteiger partial charge in [-0.05, 0) is 25.0 Å². The Morgan fingerprint density at radius 3 is 2.50 bits per heavy atom. The van der Waals surface area contributed by atoms with E-state index in [2.05, 4.69) is 15.3 Å². The standard InChI is InChI=1S/C21H23F3N4O2/c22-15-2-1-3-17(29)18(15)20(30)27-12-16(28-8-6-21(23,24)7-9-28)14-10-25-19(26-11-14)13-4-5-13/h1-3,10-11,13,16,18H,4-9,12H2,(H,27,30). The largest absolute Gasteiger partial charge is 0.353 e. The van der Waals surface area contributed by atoms with Crippen LogP contribution in [0.15, 0.2) is 36.4 Å². The second-order valence-corrected chi connectivity index (χ2v) is 8.05. The van der Waals surface area contributed by atoms with Crippen molar-refractivity contribution < 1.29 is 22.8 Å². The van der Waals surface area contributed by atoms with Gasteiger partial charge >= 0.3 is 0 Å². The van der Waals surface area contributed by atoms with Crippen molar-refractivity contribution >= 4 is 11.7 Å². The predicted molar refractivity (Wildman–Crippen MR) is 102 cm³/mol. The topological polar surface area (TPSA) is 75.2 Å². The quantitative estimate of drug-likeness (QED) is 0.717. The fourth-order valence-corrected chi connectivity index (χ4v) is 3.81. The van der Waals surface area contributed by atoms with Crippen molar-refractivity contribution in [3.8, 4) is 0 Å². The van der Waals surface area contributed by atoms with Crippen LogP contribution >= 0.6 is 0 Å². The molecule has 1 aromatic heterocycles. The first-order chi connectivity index (χ1) is 14.3. The van der Waals surface area contributed by atoms with Crippen molar-refractivity contribution in [3.63, 3.8) is 0 Å². The summed E-state index contributed by atoms with van der Waals surface area (Å²) >= 11 is 0. The summed E-state index contributed by atoms with van der Waals surface area (Å²) in [4.78, 5) is 35.0. The maximum atomic E-state index is 14.0. The van der Waals surface area contributed by atoms with Gasteiger partial charge < -0.3 is 5.32 Å².